The summed E-state index contributed by atoms with van der Waals surface area (Å²) in [7, 11) is 4.81. The third-order valence-corrected chi connectivity index (χ3v) is 7.73. The summed E-state index contributed by atoms with van der Waals surface area (Å²) in [5.74, 6) is 0.950. The maximum Gasteiger partial charge on any atom is 0.409 e. The topological polar surface area (TPSA) is 107 Å². The van der Waals surface area contributed by atoms with Gasteiger partial charge in [0.1, 0.15) is 5.75 Å². The molecular weight excluding hydrogens is 504 g/mol. The van der Waals surface area contributed by atoms with Crippen molar-refractivity contribution in [2.45, 2.75) is 57.5 Å². The van der Waals surface area contributed by atoms with Crippen molar-refractivity contribution in [3.8, 4) is 28.1 Å². The summed E-state index contributed by atoms with van der Waals surface area (Å²) >= 11 is 0. The lowest BCUT2D eigenvalue weighted by Crippen LogP contribution is -2.39. The number of benzene rings is 2. The molecule has 8 heteroatoms. The number of ether oxygens (including phenoxy) is 2. The Morgan fingerprint density at radius 2 is 1.73 bits per heavy atom. The van der Waals surface area contributed by atoms with Gasteiger partial charge in [-0.1, -0.05) is 42.5 Å². The molecule has 4 rings (SSSR count). The Hall–Kier alpha value is -3.91. The molecule has 0 radical (unpaired) electrons. The average molecular weight is 545 g/mol. The predicted octanol–water partition coefficient (Wildman–Crippen LogP) is 6.20. The Morgan fingerprint density at radius 3 is 2.35 bits per heavy atom. The number of pyridine rings is 1. The fourth-order valence-corrected chi connectivity index (χ4v) is 5.48. The van der Waals surface area contributed by atoms with Crippen LogP contribution in [-0.4, -0.2) is 49.2 Å². The van der Waals surface area contributed by atoms with Crippen molar-refractivity contribution in [1.82, 2.24) is 9.88 Å². The molecule has 1 aliphatic rings. The molecular formula is C32H40N4O4. The van der Waals surface area contributed by atoms with E-state index < -0.39 is 5.54 Å². The molecule has 2 aromatic carbocycles. The van der Waals surface area contributed by atoms with Crippen LogP contribution in [0.4, 0.5) is 10.5 Å². The molecule has 3 N–H and O–H groups in total. The highest BCUT2D eigenvalue weighted by atomic mass is 16.5. The van der Waals surface area contributed by atoms with Gasteiger partial charge in [0.15, 0.2) is 0 Å². The zero-order valence-corrected chi connectivity index (χ0v) is 24.1. The van der Waals surface area contributed by atoms with Crippen LogP contribution < -0.4 is 15.8 Å². The fraction of sp³-hybridized carbons (Fsp3) is 0.406. The number of anilines is 1. The zero-order chi connectivity index (χ0) is 28.9. The van der Waals surface area contributed by atoms with Crippen LogP contribution in [0, 0.1) is 5.92 Å². The molecule has 0 atom stereocenters. The Balaban J connectivity index is 1.52. The summed E-state index contributed by atoms with van der Waals surface area (Å²) in [5, 5.41) is 3.06. The molecule has 0 saturated heterocycles. The minimum absolute atomic E-state index is 0.0328. The van der Waals surface area contributed by atoms with Crippen molar-refractivity contribution in [2.75, 3.05) is 26.6 Å². The Morgan fingerprint density at radius 1 is 1.02 bits per heavy atom. The lowest BCUT2D eigenvalue weighted by atomic mass is 9.83. The molecule has 1 saturated carbocycles. The van der Waals surface area contributed by atoms with Gasteiger partial charge in [-0.15, -0.1) is 0 Å². The summed E-state index contributed by atoms with van der Waals surface area (Å²) in [6.07, 6.45) is 5.33. The maximum atomic E-state index is 13.0. The average Bonchev–Trinajstić information content (AvgIpc) is 2.96. The number of nitrogens with zero attached hydrogens (tertiary/aromatic N) is 2. The van der Waals surface area contributed by atoms with Crippen LogP contribution in [0.5, 0.6) is 5.75 Å². The lowest BCUT2D eigenvalue weighted by Gasteiger charge is -2.33. The molecule has 212 valence electrons. The number of aromatic nitrogens is 1. The van der Waals surface area contributed by atoms with Gasteiger partial charge in [-0.05, 0) is 63.1 Å². The number of methoxy groups -OCH3 is 2. The number of carbonyl (C=O) groups is 2. The Kier molecular flexibility index (Phi) is 9.10. The highest BCUT2D eigenvalue weighted by Gasteiger charge is 2.28. The van der Waals surface area contributed by atoms with Crippen molar-refractivity contribution in [1.29, 1.82) is 0 Å². The number of hydrogen-bond acceptors (Lipinski definition) is 6. The van der Waals surface area contributed by atoms with Crippen molar-refractivity contribution in [3.05, 3.63) is 66.4 Å². The molecule has 8 nitrogen and oxygen atoms in total. The first-order valence-corrected chi connectivity index (χ1v) is 13.7. The minimum atomic E-state index is -0.551. The van der Waals surface area contributed by atoms with E-state index in [1.54, 1.807) is 25.3 Å². The number of rotatable bonds is 8. The number of nitrogens with one attached hydrogen (secondary N) is 1. The number of amides is 2. The molecule has 1 fully saturated rings. The SMILES string of the molecule is COC(=O)N(C)C1CCC(CC(=O)Nc2cnc(-c3ccc(C(C)(C)N)c(OC)c3)c(-c3ccccc3)c2)CC1. The number of carbonyl (C=O) groups excluding carboxylic acids is 2. The van der Waals surface area contributed by atoms with Crippen LogP contribution in [0.3, 0.4) is 0 Å². The van der Waals surface area contributed by atoms with Gasteiger partial charge in [0, 0.05) is 41.7 Å². The van der Waals surface area contributed by atoms with Gasteiger partial charge < -0.3 is 25.4 Å². The predicted molar refractivity (Wildman–Crippen MR) is 158 cm³/mol. The minimum Gasteiger partial charge on any atom is -0.496 e. The Bertz CT molecular complexity index is 1330. The van der Waals surface area contributed by atoms with Gasteiger partial charge in [-0.3, -0.25) is 9.78 Å². The van der Waals surface area contributed by atoms with Gasteiger partial charge in [0.25, 0.3) is 0 Å². The van der Waals surface area contributed by atoms with Crippen molar-refractivity contribution in [3.63, 3.8) is 0 Å². The van der Waals surface area contributed by atoms with E-state index in [1.807, 2.05) is 68.4 Å². The van der Waals surface area contributed by atoms with Crippen molar-refractivity contribution in [2.24, 2.45) is 11.7 Å². The van der Waals surface area contributed by atoms with E-state index >= 15 is 0 Å². The van der Waals surface area contributed by atoms with Crippen molar-refractivity contribution >= 4 is 17.7 Å². The lowest BCUT2D eigenvalue weighted by molar-refractivity contribution is -0.117. The normalized spacial score (nSPS) is 17.1. The molecule has 1 heterocycles. The van der Waals surface area contributed by atoms with E-state index in [0.717, 1.165) is 53.6 Å². The summed E-state index contributed by atoms with van der Waals surface area (Å²) in [5.41, 5.74) is 11.0. The van der Waals surface area contributed by atoms with Gasteiger partial charge in [0.05, 0.1) is 31.8 Å². The molecule has 0 aliphatic heterocycles. The van der Waals surface area contributed by atoms with Crippen LogP contribution in [0.25, 0.3) is 22.4 Å². The third kappa shape index (κ3) is 6.80. The number of nitrogens with two attached hydrogens (primary N) is 1. The van der Waals surface area contributed by atoms with E-state index in [1.165, 1.54) is 7.11 Å². The second-order valence-corrected chi connectivity index (χ2v) is 11.1. The second-order valence-electron chi connectivity index (χ2n) is 11.1. The maximum absolute atomic E-state index is 13.0. The smallest absolute Gasteiger partial charge is 0.409 e. The van der Waals surface area contributed by atoms with E-state index in [-0.39, 0.29) is 24.0 Å². The van der Waals surface area contributed by atoms with Gasteiger partial charge in [0.2, 0.25) is 5.91 Å². The van der Waals surface area contributed by atoms with Gasteiger partial charge in [-0.25, -0.2) is 4.79 Å². The monoisotopic (exact) mass is 544 g/mol. The molecule has 0 unspecified atom stereocenters. The van der Waals surface area contributed by atoms with Gasteiger partial charge in [-0.2, -0.15) is 0 Å². The highest BCUT2D eigenvalue weighted by molar-refractivity contribution is 5.93. The molecule has 40 heavy (non-hydrogen) atoms. The van der Waals surface area contributed by atoms with Crippen LogP contribution in [0.2, 0.25) is 0 Å². The van der Waals surface area contributed by atoms with Crippen LogP contribution in [0.15, 0.2) is 60.8 Å². The molecule has 1 aromatic heterocycles. The van der Waals surface area contributed by atoms with E-state index in [4.69, 9.17) is 20.2 Å². The van der Waals surface area contributed by atoms with Gasteiger partial charge >= 0.3 is 6.09 Å². The van der Waals surface area contributed by atoms with E-state index in [2.05, 4.69) is 5.32 Å². The van der Waals surface area contributed by atoms with E-state index in [0.29, 0.717) is 17.9 Å². The summed E-state index contributed by atoms with van der Waals surface area (Å²) in [4.78, 5) is 31.3. The second kappa shape index (κ2) is 12.5. The van der Waals surface area contributed by atoms with Crippen LogP contribution in [0.1, 0.15) is 51.5 Å². The third-order valence-electron chi connectivity index (χ3n) is 7.73. The van der Waals surface area contributed by atoms with E-state index in [9.17, 15) is 9.59 Å². The summed E-state index contributed by atoms with van der Waals surface area (Å²) in [6, 6.07) is 18.1. The standard InChI is InChI=1S/C32H40N4O4/c1-32(2,33)27-16-13-23(18-28(27)39-4)30-26(22-9-7-6-8-10-22)19-24(20-34-30)35-29(37)17-21-11-14-25(15-12-21)36(3)31(38)40-5/h6-10,13,16,18-21,25H,11-12,14-15,17,33H2,1-5H3,(H,35,37). The molecule has 0 bridgehead atoms. The summed E-state index contributed by atoms with van der Waals surface area (Å²) < 4.78 is 10.5. The molecule has 3 aromatic rings. The largest absolute Gasteiger partial charge is 0.496 e. The first-order chi connectivity index (χ1) is 19.1. The zero-order valence-electron chi connectivity index (χ0n) is 24.1. The Labute approximate surface area is 236 Å². The fourth-order valence-electron chi connectivity index (χ4n) is 5.48. The first kappa shape index (κ1) is 29.1. The highest BCUT2D eigenvalue weighted by Crippen LogP contribution is 2.37. The number of hydrogen-bond donors (Lipinski definition) is 2. The van der Waals surface area contributed by atoms with Crippen LogP contribution in [-0.2, 0) is 15.1 Å². The molecule has 2 amide bonds. The summed E-state index contributed by atoms with van der Waals surface area (Å²) in [6.45, 7) is 3.89. The van der Waals surface area contributed by atoms with Crippen LogP contribution >= 0.6 is 0 Å². The molecule has 0 spiro atoms. The quantitative estimate of drug-likeness (QED) is 0.350. The first-order valence-electron chi connectivity index (χ1n) is 13.7. The van der Waals surface area contributed by atoms with Crippen molar-refractivity contribution < 1.29 is 19.1 Å². The molecule has 1 aliphatic carbocycles.